The Kier molecular flexibility index (Phi) is 6.17. The zero-order chi connectivity index (χ0) is 18.2. The molecule has 0 atom stereocenters. The molecule has 0 heterocycles. The van der Waals surface area contributed by atoms with Gasteiger partial charge in [0.25, 0.3) is 0 Å². The molecule has 0 saturated carbocycles. The van der Waals surface area contributed by atoms with Crippen molar-refractivity contribution in [3.63, 3.8) is 0 Å². The molecule has 0 aliphatic rings. The van der Waals surface area contributed by atoms with Gasteiger partial charge in [0.05, 0.1) is 31.6 Å². The van der Waals surface area contributed by atoms with Crippen LogP contribution in [0.25, 0.3) is 0 Å². The highest BCUT2D eigenvalue weighted by Gasteiger charge is 2.15. The lowest BCUT2D eigenvalue weighted by atomic mass is 10.1. The summed E-state index contributed by atoms with van der Waals surface area (Å²) in [5.41, 5.74) is 1.27. The van der Waals surface area contributed by atoms with Crippen LogP contribution in [0.2, 0.25) is 0 Å². The molecule has 6 nitrogen and oxygen atoms in total. The van der Waals surface area contributed by atoms with Crippen LogP contribution in [-0.2, 0) is 11.3 Å². The normalized spacial score (nSPS) is 10.5. The SMILES string of the molecule is COC(=O)c1ccccc1COc1cc(OC)ccc1C(=O)C=CO. The summed E-state index contributed by atoms with van der Waals surface area (Å²) in [6.07, 6.45) is 1.69. The van der Waals surface area contributed by atoms with E-state index in [0.29, 0.717) is 23.1 Å². The fourth-order valence-electron chi connectivity index (χ4n) is 2.22. The predicted molar refractivity (Wildman–Crippen MR) is 91.2 cm³/mol. The van der Waals surface area contributed by atoms with E-state index in [1.807, 2.05) is 0 Å². The molecule has 6 heteroatoms. The highest BCUT2D eigenvalue weighted by Crippen LogP contribution is 2.27. The zero-order valence-corrected chi connectivity index (χ0v) is 13.9. The molecule has 0 amide bonds. The van der Waals surface area contributed by atoms with E-state index in [-0.39, 0.29) is 17.9 Å². The van der Waals surface area contributed by atoms with Crippen molar-refractivity contribution in [2.45, 2.75) is 6.61 Å². The van der Waals surface area contributed by atoms with Gasteiger partial charge >= 0.3 is 5.97 Å². The largest absolute Gasteiger partial charge is 0.515 e. The molecule has 2 aromatic carbocycles. The summed E-state index contributed by atoms with van der Waals surface area (Å²) in [6.45, 7) is 0.0571. The maximum Gasteiger partial charge on any atom is 0.338 e. The van der Waals surface area contributed by atoms with Gasteiger partial charge in [0, 0.05) is 17.7 Å². The minimum absolute atomic E-state index is 0.0571. The van der Waals surface area contributed by atoms with Crippen LogP contribution in [0.15, 0.2) is 54.8 Å². The Morgan fingerprint density at radius 2 is 1.84 bits per heavy atom. The fourth-order valence-corrected chi connectivity index (χ4v) is 2.22. The topological polar surface area (TPSA) is 82.1 Å². The van der Waals surface area contributed by atoms with Gasteiger partial charge < -0.3 is 19.3 Å². The standard InChI is InChI=1S/C19H18O6/c1-23-14-7-8-16(17(21)9-10-20)18(11-14)25-12-13-5-3-4-6-15(13)19(22)24-2/h3-11,20H,12H2,1-2H3. The van der Waals surface area contributed by atoms with Gasteiger partial charge in [0.15, 0.2) is 5.78 Å². The molecular weight excluding hydrogens is 324 g/mol. The van der Waals surface area contributed by atoms with Crippen molar-refractivity contribution in [2.75, 3.05) is 14.2 Å². The molecule has 0 unspecified atom stereocenters. The number of benzene rings is 2. The summed E-state index contributed by atoms with van der Waals surface area (Å²) < 4.78 is 15.6. The highest BCUT2D eigenvalue weighted by molar-refractivity contribution is 6.06. The molecule has 1 N–H and O–H groups in total. The third-order valence-electron chi connectivity index (χ3n) is 3.49. The molecule has 0 spiro atoms. The second-order valence-corrected chi connectivity index (χ2v) is 4.98. The first-order valence-electron chi connectivity index (χ1n) is 7.42. The molecule has 2 aromatic rings. The minimum atomic E-state index is -0.468. The van der Waals surface area contributed by atoms with E-state index in [1.54, 1.807) is 42.5 Å². The van der Waals surface area contributed by atoms with Gasteiger partial charge in [-0.05, 0) is 18.2 Å². The van der Waals surface area contributed by atoms with Gasteiger partial charge in [-0.25, -0.2) is 4.79 Å². The Morgan fingerprint density at radius 1 is 1.08 bits per heavy atom. The van der Waals surface area contributed by atoms with E-state index in [1.165, 1.54) is 14.2 Å². The first-order chi connectivity index (χ1) is 12.1. The summed E-state index contributed by atoms with van der Waals surface area (Å²) in [5.74, 6) is -0.0892. The first-order valence-corrected chi connectivity index (χ1v) is 7.42. The molecule has 0 radical (unpaired) electrons. The average molecular weight is 342 g/mol. The molecular formula is C19H18O6. The van der Waals surface area contributed by atoms with Crippen molar-refractivity contribution in [3.8, 4) is 11.5 Å². The molecule has 0 fully saturated rings. The van der Waals surface area contributed by atoms with Crippen LogP contribution in [0.1, 0.15) is 26.3 Å². The van der Waals surface area contributed by atoms with Crippen LogP contribution in [-0.4, -0.2) is 31.1 Å². The zero-order valence-electron chi connectivity index (χ0n) is 13.9. The number of allylic oxidation sites excluding steroid dienone is 1. The van der Waals surface area contributed by atoms with Crippen LogP contribution in [0.3, 0.4) is 0 Å². The van der Waals surface area contributed by atoms with Gasteiger partial charge in [0.2, 0.25) is 0 Å². The number of hydrogen-bond acceptors (Lipinski definition) is 6. The number of ketones is 1. The molecule has 130 valence electrons. The van der Waals surface area contributed by atoms with Crippen LogP contribution in [0.4, 0.5) is 0 Å². The van der Waals surface area contributed by atoms with E-state index < -0.39 is 11.8 Å². The second kappa shape index (κ2) is 8.54. The molecule has 2 rings (SSSR count). The second-order valence-electron chi connectivity index (χ2n) is 4.98. The maximum atomic E-state index is 12.1. The van der Waals surface area contributed by atoms with Crippen molar-refractivity contribution in [1.29, 1.82) is 0 Å². The maximum absolute atomic E-state index is 12.1. The summed E-state index contributed by atoms with van der Waals surface area (Å²) in [7, 11) is 2.81. The Morgan fingerprint density at radius 3 is 2.52 bits per heavy atom. The lowest BCUT2D eigenvalue weighted by molar-refractivity contribution is 0.0597. The monoisotopic (exact) mass is 342 g/mol. The third-order valence-corrected chi connectivity index (χ3v) is 3.49. The number of aliphatic hydroxyl groups excluding tert-OH is 1. The minimum Gasteiger partial charge on any atom is -0.515 e. The smallest absolute Gasteiger partial charge is 0.338 e. The Labute approximate surface area is 145 Å². The summed E-state index contributed by atoms with van der Waals surface area (Å²) >= 11 is 0. The van der Waals surface area contributed by atoms with E-state index in [2.05, 4.69) is 0 Å². The van der Waals surface area contributed by atoms with Gasteiger partial charge in [-0.3, -0.25) is 4.79 Å². The molecule has 0 bridgehead atoms. The van der Waals surface area contributed by atoms with Gasteiger partial charge in [0.1, 0.15) is 18.1 Å². The Bertz CT molecular complexity index is 794. The first kappa shape index (κ1) is 18.1. The number of carbonyl (C=O) groups excluding carboxylic acids is 2. The number of hydrogen-bond donors (Lipinski definition) is 1. The van der Waals surface area contributed by atoms with Gasteiger partial charge in [-0.15, -0.1) is 0 Å². The number of methoxy groups -OCH3 is 2. The molecule has 0 saturated heterocycles. The predicted octanol–water partition coefficient (Wildman–Crippen LogP) is 3.32. The van der Waals surface area contributed by atoms with Gasteiger partial charge in [-0.2, -0.15) is 0 Å². The van der Waals surface area contributed by atoms with E-state index >= 15 is 0 Å². The molecule has 0 aromatic heterocycles. The number of aliphatic hydroxyl groups is 1. The van der Waals surface area contributed by atoms with Crippen molar-refractivity contribution in [2.24, 2.45) is 0 Å². The van der Waals surface area contributed by atoms with Crippen molar-refractivity contribution in [3.05, 3.63) is 71.5 Å². The van der Waals surface area contributed by atoms with Gasteiger partial charge in [-0.1, -0.05) is 18.2 Å². The Balaban J connectivity index is 2.31. The third kappa shape index (κ3) is 4.38. The van der Waals surface area contributed by atoms with Crippen LogP contribution < -0.4 is 9.47 Å². The average Bonchev–Trinajstić information content (AvgIpc) is 2.65. The quantitative estimate of drug-likeness (QED) is 0.360. The molecule has 0 aliphatic heterocycles. The van der Waals surface area contributed by atoms with Crippen LogP contribution in [0.5, 0.6) is 11.5 Å². The number of rotatable bonds is 7. The van der Waals surface area contributed by atoms with E-state index in [0.717, 1.165) is 6.08 Å². The molecule has 25 heavy (non-hydrogen) atoms. The molecule has 0 aliphatic carbocycles. The lowest BCUT2D eigenvalue weighted by Crippen LogP contribution is -2.09. The van der Waals surface area contributed by atoms with Crippen molar-refractivity contribution < 1.29 is 28.9 Å². The highest BCUT2D eigenvalue weighted by atomic mass is 16.5. The summed E-state index contributed by atoms with van der Waals surface area (Å²) in [6, 6.07) is 11.6. The van der Waals surface area contributed by atoms with E-state index in [4.69, 9.17) is 19.3 Å². The van der Waals surface area contributed by atoms with Crippen LogP contribution >= 0.6 is 0 Å². The number of esters is 1. The lowest BCUT2D eigenvalue weighted by Gasteiger charge is -2.13. The summed E-state index contributed by atoms with van der Waals surface area (Å²) in [5, 5.41) is 8.80. The van der Waals surface area contributed by atoms with E-state index in [9.17, 15) is 9.59 Å². The van der Waals surface area contributed by atoms with Crippen molar-refractivity contribution >= 4 is 11.8 Å². The summed E-state index contributed by atoms with van der Waals surface area (Å²) in [4.78, 5) is 23.9. The number of ether oxygens (including phenoxy) is 3. The Hall–Kier alpha value is -3.28. The fraction of sp³-hybridized carbons (Fsp3) is 0.158. The van der Waals surface area contributed by atoms with Crippen molar-refractivity contribution in [1.82, 2.24) is 0 Å². The van der Waals surface area contributed by atoms with Crippen LogP contribution in [0, 0.1) is 0 Å². The number of carbonyl (C=O) groups is 2.